The highest BCUT2D eigenvalue weighted by Crippen LogP contribution is 2.10. The van der Waals surface area contributed by atoms with Gasteiger partial charge in [0, 0.05) is 0 Å². The van der Waals surface area contributed by atoms with Crippen molar-refractivity contribution in [2.24, 2.45) is 5.92 Å². The Bertz CT molecular complexity index is 78.8. The van der Waals surface area contributed by atoms with Gasteiger partial charge in [-0.2, -0.15) is 0 Å². The van der Waals surface area contributed by atoms with Gasteiger partial charge in [-0.3, -0.25) is 0 Å². The van der Waals surface area contributed by atoms with Crippen LogP contribution in [0.4, 0.5) is 0 Å². The lowest BCUT2D eigenvalue weighted by Gasteiger charge is -2.06. The molecule has 0 N–H and O–H groups in total. The van der Waals surface area contributed by atoms with E-state index in [2.05, 4.69) is 13.8 Å². The van der Waals surface area contributed by atoms with Crippen molar-refractivity contribution < 1.29 is 0 Å². The molecule has 10 heavy (non-hydrogen) atoms. The summed E-state index contributed by atoms with van der Waals surface area (Å²) in [6.45, 7) is 4.44. The highest BCUT2D eigenvalue weighted by molar-refractivity contribution is 7.79. The van der Waals surface area contributed by atoms with Crippen LogP contribution in [0.15, 0.2) is 0 Å². The molecule has 0 saturated carbocycles. The summed E-state index contributed by atoms with van der Waals surface area (Å²) >= 11 is 4.90. The molecule has 1 unspecified atom stereocenters. The maximum atomic E-state index is 4.90. The predicted octanol–water partition coefficient (Wildman–Crippen LogP) is 3.59. The number of hydrogen-bond acceptors (Lipinski definition) is 1. The molecular weight excluding hydrogens is 140 g/mol. The second-order valence-corrected chi connectivity index (χ2v) is 3.07. The van der Waals surface area contributed by atoms with Crippen LogP contribution >= 0.6 is 12.2 Å². The fraction of sp³-hybridized carbons (Fsp3) is 0.889. The predicted molar refractivity (Wildman–Crippen MR) is 51.6 cm³/mol. The molecule has 0 heterocycles. The lowest BCUT2D eigenvalue weighted by Crippen LogP contribution is -1.97. The third kappa shape index (κ3) is 4.92. The van der Waals surface area contributed by atoms with E-state index in [9.17, 15) is 0 Å². The summed E-state index contributed by atoms with van der Waals surface area (Å²) in [6, 6.07) is 0. The van der Waals surface area contributed by atoms with Crippen LogP contribution in [-0.4, -0.2) is 5.37 Å². The van der Waals surface area contributed by atoms with Gasteiger partial charge in [-0.1, -0.05) is 45.3 Å². The van der Waals surface area contributed by atoms with Crippen LogP contribution in [0.5, 0.6) is 0 Å². The molecule has 0 aliphatic carbocycles. The SMILES string of the molecule is CCCCCC(C=S)CC. The normalized spacial score (nSPS) is 13.0. The molecule has 0 aliphatic heterocycles. The molecule has 0 radical (unpaired) electrons. The molecule has 0 nitrogen and oxygen atoms in total. The first kappa shape index (κ1) is 10.1. The average molecular weight is 158 g/mol. The molecule has 60 valence electrons. The molecule has 0 rings (SSSR count). The van der Waals surface area contributed by atoms with Crippen molar-refractivity contribution in [3.8, 4) is 0 Å². The molecule has 1 heteroatoms. The highest BCUT2D eigenvalue weighted by Gasteiger charge is 1.99. The molecule has 0 aromatic heterocycles. The minimum atomic E-state index is 0.696. The van der Waals surface area contributed by atoms with Crippen LogP contribution in [0.3, 0.4) is 0 Å². The smallest absolute Gasteiger partial charge is 0.0131 e. The Kier molecular flexibility index (Phi) is 7.26. The standard InChI is InChI=1S/C9H18S/c1-3-5-6-7-9(4-2)8-10/h8-9H,3-7H2,1-2H3. The topological polar surface area (TPSA) is 0 Å². The van der Waals surface area contributed by atoms with Gasteiger partial charge in [0.15, 0.2) is 0 Å². The van der Waals surface area contributed by atoms with Crippen molar-refractivity contribution >= 4 is 17.6 Å². The molecule has 0 fully saturated rings. The van der Waals surface area contributed by atoms with Crippen LogP contribution < -0.4 is 0 Å². The van der Waals surface area contributed by atoms with Crippen LogP contribution in [0, 0.1) is 5.92 Å². The van der Waals surface area contributed by atoms with Gasteiger partial charge < -0.3 is 0 Å². The lowest BCUT2D eigenvalue weighted by molar-refractivity contribution is 0.562. The van der Waals surface area contributed by atoms with E-state index in [0.717, 1.165) is 0 Å². The van der Waals surface area contributed by atoms with Crippen LogP contribution in [0.2, 0.25) is 0 Å². The summed E-state index contributed by atoms with van der Waals surface area (Å²) in [5, 5.41) is 1.93. The Morgan fingerprint density at radius 2 is 2.00 bits per heavy atom. The number of hydrogen-bond donors (Lipinski definition) is 0. The van der Waals surface area contributed by atoms with E-state index < -0.39 is 0 Å². The average Bonchev–Trinajstić information content (AvgIpc) is 1.99. The van der Waals surface area contributed by atoms with Gasteiger partial charge in [0.05, 0.1) is 0 Å². The molecule has 0 aliphatic rings. The van der Waals surface area contributed by atoms with Gasteiger partial charge in [0.2, 0.25) is 0 Å². The zero-order chi connectivity index (χ0) is 7.82. The molecule has 0 saturated heterocycles. The van der Waals surface area contributed by atoms with Crippen molar-refractivity contribution in [2.45, 2.75) is 46.0 Å². The van der Waals surface area contributed by atoms with Gasteiger partial charge in [-0.15, -0.1) is 0 Å². The lowest BCUT2D eigenvalue weighted by atomic mass is 10.0. The summed E-state index contributed by atoms with van der Waals surface area (Å²) in [5.74, 6) is 0.696. The Balaban J connectivity index is 3.17. The first-order valence-electron chi connectivity index (χ1n) is 4.30. The van der Waals surface area contributed by atoms with Crippen LogP contribution in [-0.2, 0) is 0 Å². The highest BCUT2D eigenvalue weighted by atomic mass is 32.1. The van der Waals surface area contributed by atoms with Gasteiger partial charge in [0.25, 0.3) is 0 Å². The van der Waals surface area contributed by atoms with E-state index in [4.69, 9.17) is 12.2 Å². The van der Waals surface area contributed by atoms with Gasteiger partial charge in [-0.25, -0.2) is 0 Å². The van der Waals surface area contributed by atoms with Crippen LogP contribution in [0.25, 0.3) is 0 Å². The molecule has 0 aromatic carbocycles. The quantitative estimate of drug-likeness (QED) is 0.420. The minimum absolute atomic E-state index is 0.696. The summed E-state index contributed by atoms with van der Waals surface area (Å²) in [4.78, 5) is 0. The summed E-state index contributed by atoms with van der Waals surface area (Å²) in [5.41, 5.74) is 0. The van der Waals surface area contributed by atoms with E-state index >= 15 is 0 Å². The van der Waals surface area contributed by atoms with Gasteiger partial charge >= 0.3 is 0 Å². The molecule has 0 spiro atoms. The van der Waals surface area contributed by atoms with E-state index in [-0.39, 0.29) is 0 Å². The maximum Gasteiger partial charge on any atom is -0.0131 e. The van der Waals surface area contributed by atoms with Crippen molar-refractivity contribution in [2.75, 3.05) is 0 Å². The first-order valence-corrected chi connectivity index (χ1v) is 4.77. The van der Waals surface area contributed by atoms with E-state index in [1.165, 1.54) is 32.1 Å². The maximum absolute atomic E-state index is 4.90. The monoisotopic (exact) mass is 158 g/mol. The van der Waals surface area contributed by atoms with Crippen molar-refractivity contribution in [1.29, 1.82) is 0 Å². The van der Waals surface area contributed by atoms with E-state index in [1.54, 1.807) is 0 Å². The Morgan fingerprint density at radius 3 is 2.40 bits per heavy atom. The summed E-state index contributed by atoms with van der Waals surface area (Å²) < 4.78 is 0. The van der Waals surface area contributed by atoms with Gasteiger partial charge in [-0.05, 0) is 24.1 Å². The van der Waals surface area contributed by atoms with Gasteiger partial charge in [0.1, 0.15) is 0 Å². The second-order valence-electron chi connectivity index (χ2n) is 2.80. The molecule has 0 bridgehead atoms. The molecule has 0 aromatic rings. The number of unbranched alkanes of at least 4 members (excludes halogenated alkanes) is 2. The Morgan fingerprint density at radius 1 is 1.30 bits per heavy atom. The molecule has 1 atom stereocenters. The minimum Gasteiger partial charge on any atom is -0.0932 e. The molecule has 0 amide bonds. The Hall–Kier alpha value is 0.0900. The molecular formula is C9H18S. The largest absolute Gasteiger partial charge is 0.0932 e. The van der Waals surface area contributed by atoms with Crippen molar-refractivity contribution in [1.82, 2.24) is 0 Å². The fourth-order valence-electron chi connectivity index (χ4n) is 1.02. The van der Waals surface area contributed by atoms with E-state index in [0.29, 0.717) is 5.92 Å². The third-order valence-electron chi connectivity index (χ3n) is 1.90. The third-order valence-corrected chi connectivity index (χ3v) is 2.28. The number of thiocarbonyl (C=S) groups is 1. The number of rotatable bonds is 6. The zero-order valence-electron chi connectivity index (χ0n) is 7.10. The van der Waals surface area contributed by atoms with E-state index in [1.807, 2.05) is 5.37 Å². The second kappa shape index (κ2) is 7.20. The first-order chi connectivity index (χ1) is 4.85. The summed E-state index contributed by atoms with van der Waals surface area (Å²) in [6.07, 6.45) is 6.54. The zero-order valence-corrected chi connectivity index (χ0v) is 7.91. The van der Waals surface area contributed by atoms with Crippen molar-refractivity contribution in [3.05, 3.63) is 0 Å². The van der Waals surface area contributed by atoms with Crippen LogP contribution in [0.1, 0.15) is 46.0 Å². The van der Waals surface area contributed by atoms with Crippen molar-refractivity contribution in [3.63, 3.8) is 0 Å². The Labute approximate surface area is 70.0 Å². The summed E-state index contributed by atoms with van der Waals surface area (Å²) in [7, 11) is 0. The fourth-order valence-corrected chi connectivity index (χ4v) is 1.35.